The third-order valence-corrected chi connectivity index (χ3v) is 3.59. The third-order valence-electron chi connectivity index (χ3n) is 3.59. The van der Waals surface area contributed by atoms with Crippen molar-refractivity contribution in [3.8, 4) is 23.0 Å². The van der Waals surface area contributed by atoms with Gasteiger partial charge in [-0.1, -0.05) is 6.07 Å². The van der Waals surface area contributed by atoms with E-state index in [0.717, 1.165) is 22.3 Å². The zero-order valence-electron chi connectivity index (χ0n) is 11.9. The largest absolute Gasteiger partial charge is 0.508 e. The zero-order valence-corrected chi connectivity index (χ0v) is 11.9. The van der Waals surface area contributed by atoms with Crippen LogP contribution in [0.2, 0.25) is 0 Å². The second kappa shape index (κ2) is 5.05. The molecule has 3 rings (SSSR count). The molecule has 0 spiro atoms. The molecule has 0 atom stereocenters. The Morgan fingerprint density at radius 3 is 2.71 bits per heavy atom. The van der Waals surface area contributed by atoms with E-state index < -0.39 is 0 Å². The van der Waals surface area contributed by atoms with Gasteiger partial charge in [-0.2, -0.15) is 0 Å². The first-order valence-corrected chi connectivity index (χ1v) is 6.63. The third kappa shape index (κ3) is 2.40. The van der Waals surface area contributed by atoms with Crippen LogP contribution < -0.4 is 9.47 Å². The van der Waals surface area contributed by atoms with E-state index in [-0.39, 0.29) is 11.5 Å². The van der Waals surface area contributed by atoms with Crippen molar-refractivity contribution in [2.75, 3.05) is 13.7 Å². The fourth-order valence-electron chi connectivity index (χ4n) is 2.47. The second-order valence-corrected chi connectivity index (χ2v) is 5.02. The van der Waals surface area contributed by atoms with Crippen molar-refractivity contribution in [1.29, 1.82) is 0 Å². The Balaban J connectivity index is 2.06. The predicted octanol–water partition coefficient (Wildman–Crippen LogP) is 3.35. The monoisotopic (exact) mass is 284 g/mol. The average molecular weight is 284 g/mol. The maximum Gasteiger partial charge on any atom is 0.161 e. The van der Waals surface area contributed by atoms with Gasteiger partial charge in [-0.3, -0.25) is 0 Å². The molecule has 0 amide bonds. The van der Waals surface area contributed by atoms with Crippen LogP contribution in [0.25, 0.3) is 11.6 Å². The maximum atomic E-state index is 9.66. The number of hydrogen-bond donors (Lipinski definition) is 2. The van der Waals surface area contributed by atoms with Crippen LogP contribution >= 0.6 is 0 Å². The van der Waals surface area contributed by atoms with E-state index in [1.165, 1.54) is 7.11 Å². The lowest BCUT2D eigenvalue weighted by Gasteiger charge is -2.20. The first-order chi connectivity index (χ1) is 10.1. The highest BCUT2D eigenvalue weighted by Crippen LogP contribution is 2.37. The minimum Gasteiger partial charge on any atom is -0.508 e. The molecule has 1 aliphatic rings. The normalized spacial score (nSPS) is 13.1. The van der Waals surface area contributed by atoms with E-state index in [1.807, 2.05) is 19.1 Å². The Bertz CT molecular complexity index is 732. The van der Waals surface area contributed by atoms with Gasteiger partial charge in [-0.15, -0.1) is 0 Å². The molecule has 0 saturated heterocycles. The molecule has 0 fully saturated rings. The van der Waals surface area contributed by atoms with Gasteiger partial charge >= 0.3 is 0 Å². The van der Waals surface area contributed by atoms with Crippen LogP contribution in [-0.4, -0.2) is 23.9 Å². The molecule has 108 valence electrons. The summed E-state index contributed by atoms with van der Waals surface area (Å²) < 4.78 is 10.9. The van der Waals surface area contributed by atoms with Crippen LogP contribution in [0, 0.1) is 6.92 Å². The highest BCUT2D eigenvalue weighted by molar-refractivity contribution is 5.87. The molecule has 2 aromatic rings. The lowest BCUT2D eigenvalue weighted by atomic mass is 9.97. The molecule has 4 nitrogen and oxygen atoms in total. The van der Waals surface area contributed by atoms with Crippen LogP contribution in [0.5, 0.6) is 23.0 Å². The zero-order chi connectivity index (χ0) is 15.0. The molecule has 2 aromatic carbocycles. The van der Waals surface area contributed by atoms with Crippen molar-refractivity contribution < 1.29 is 19.7 Å². The molecule has 0 radical (unpaired) electrons. The molecular formula is C17H16O4. The summed E-state index contributed by atoms with van der Waals surface area (Å²) in [6, 6.07) is 8.54. The predicted molar refractivity (Wildman–Crippen MR) is 80.9 cm³/mol. The fraction of sp³-hybridized carbons (Fsp3) is 0.176. The second-order valence-electron chi connectivity index (χ2n) is 5.02. The van der Waals surface area contributed by atoms with Gasteiger partial charge in [0.05, 0.1) is 7.11 Å². The van der Waals surface area contributed by atoms with E-state index in [9.17, 15) is 10.2 Å². The van der Waals surface area contributed by atoms with Crippen LogP contribution in [0.4, 0.5) is 0 Å². The molecular weight excluding hydrogens is 268 g/mol. The van der Waals surface area contributed by atoms with Gasteiger partial charge in [0.15, 0.2) is 11.5 Å². The SMILES string of the molecule is COc1cc(C2=Cc3c(C)cc(O)cc3OC2)ccc1O. The van der Waals surface area contributed by atoms with Crippen molar-refractivity contribution in [3.63, 3.8) is 0 Å². The molecule has 0 aromatic heterocycles. The van der Waals surface area contributed by atoms with Gasteiger partial charge in [-0.05, 0) is 47.9 Å². The lowest BCUT2D eigenvalue weighted by molar-refractivity contribution is 0.361. The summed E-state index contributed by atoms with van der Waals surface area (Å²) in [5.74, 6) is 1.43. The highest BCUT2D eigenvalue weighted by Gasteiger charge is 2.16. The van der Waals surface area contributed by atoms with Gasteiger partial charge < -0.3 is 19.7 Å². The Kier molecular flexibility index (Phi) is 3.22. The number of phenolic OH excluding ortho intramolecular Hbond substituents is 2. The Hall–Kier alpha value is -2.62. The molecule has 1 heterocycles. The summed E-state index contributed by atoms with van der Waals surface area (Å²) in [5, 5.41) is 19.3. The molecule has 2 N–H and O–H groups in total. The van der Waals surface area contributed by atoms with Crippen molar-refractivity contribution in [1.82, 2.24) is 0 Å². The average Bonchev–Trinajstić information content (AvgIpc) is 2.47. The summed E-state index contributed by atoms with van der Waals surface area (Å²) in [7, 11) is 1.52. The quantitative estimate of drug-likeness (QED) is 0.888. The summed E-state index contributed by atoms with van der Waals surface area (Å²) in [5.41, 5.74) is 3.84. The smallest absolute Gasteiger partial charge is 0.161 e. The van der Waals surface area contributed by atoms with E-state index >= 15 is 0 Å². The number of rotatable bonds is 2. The first kappa shape index (κ1) is 13.4. The molecule has 0 bridgehead atoms. The molecule has 4 heteroatoms. The van der Waals surface area contributed by atoms with Gasteiger partial charge in [0.25, 0.3) is 0 Å². The van der Waals surface area contributed by atoms with Crippen LogP contribution in [0.1, 0.15) is 16.7 Å². The number of methoxy groups -OCH3 is 1. The number of benzene rings is 2. The van der Waals surface area contributed by atoms with Crippen LogP contribution in [0.15, 0.2) is 30.3 Å². The number of hydrogen-bond acceptors (Lipinski definition) is 4. The van der Waals surface area contributed by atoms with E-state index in [0.29, 0.717) is 18.1 Å². The minimum atomic E-state index is 0.111. The minimum absolute atomic E-state index is 0.111. The number of fused-ring (bicyclic) bond motifs is 1. The number of phenols is 2. The van der Waals surface area contributed by atoms with E-state index in [1.54, 1.807) is 24.3 Å². The van der Waals surface area contributed by atoms with Crippen LogP contribution in [0.3, 0.4) is 0 Å². The van der Waals surface area contributed by atoms with E-state index in [4.69, 9.17) is 9.47 Å². The molecule has 21 heavy (non-hydrogen) atoms. The molecule has 0 aliphatic carbocycles. The van der Waals surface area contributed by atoms with Gasteiger partial charge in [0.2, 0.25) is 0 Å². The first-order valence-electron chi connectivity index (χ1n) is 6.63. The van der Waals surface area contributed by atoms with Crippen LogP contribution in [-0.2, 0) is 0 Å². The Morgan fingerprint density at radius 1 is 1.14 bits per heavy atom. The Morgan fingerprint density at radius 2 is 1.95 bits per heavy atom. The summed E-state index contributed by atoms with van der Waals surface area (Å²) in [6.45, 7) is 2.34. The standard InChI is InChI=1S/C17H16O4/c1-10-5-13(18)8-16-14(10)6-12(9-21-16)11-3-4-15(19)17(7-11)20-2/h3-8,18-19H,9H2,1-2H3. The van der Waals surface area contributed by atoms with Crippen molar-refractivity contribution in [2.24, 2.45) is 0 Å². The number of ether oxygens (including phenoxy) is 2. The number of aromatic hydroxyl groups is 2. The molecule has 0 saturated carbocycles. The summed E-state index contributed by atoms with van der Waals surface area (Å²) in [4.78, 5) is 0. The molecule has 1 aliphatic heterocycles. The lowest BCUT2D eigenvalue weighted by Crippen LogP contribution is -2.07. The van der Waals surface area contributed by atoms with Crippen molar-refractivity contribution >= 4 is 11.6 Å². The Labute approximate surface area is 122 Å². The van der Waals surface area contributed by atoms with Gasteiger partial charge in [0.1, 0.15) is 18.1 Å². The van der Waals surface area contributed by atoms with Gasteiger partial charge in [-0.25, -0.2) is 0 Å². The summed E-state index contributed by atoms with van der Waals surface area (Å²) in [6.07, 6.45) is 2.04. The summed E-state index contributed by atoms with van der Waals surface area (Å²) >= 11 is 0. The topological polar surface area (TPSA) is 58.9 Å². The maximum absolute atomic E-state index is 9.66. The molecule has 0 unspecified atom stereocenters. The van der Waals surface area contributed by atoms with Crippen molar-refractivity contribution in [3.05, 3.63) is 47.0 Å². The van der Waals surface area contributed by atoms with E-state index in [2.05, 4.69) is 0 Å². The van der Waals surface area contributed by atoms with Crippen molar-refractivity contribution in [2.45, 2.75) is 6.92 Å². The van der Waals surface area contributed by atoms with Gasteiger partial charge in [0, 0.05) is 11.6 Å². The fourth-order valence-corrected chi connectivity index (χ4v) is 2.47. The highest BCUT2D eigenvalue weighted by atomic mass is 16.5. The number of aryl methyl sites for hydroxylation is 1.